The van der Waals surface area contributed by atoms with E-state index in [0.29, 0.717) is 5.69 Å². The van der Waals surface area contributed by atoms with Gasteiger partial charge in [-0.1, -0.05) is 6.92 Å². The number of nitrogens with zero attached hydrogens (tertiary/aromatic N) is 3. The van der Waals surface area contributed by atoms with Crippen molar-refractivity contribution in [3.63, 3.8) is 0 Å². The van der Waals surface area contributed by atoms with E-state index in [1.54, 1.807) is 6.92 Å². The van der Waals surface area contributed by atoms with Crippen LogP contribution in [0.5, 0.6) is 0 Å². The van der Waals surface area contributed by atoms with Gasteiger partial charge in [-0.2, -0.15) is 5.10 Å². The zero-order valence-corrected chi connectivity index (χ0v) is 11.5. The lowest BCUT2D eigenvalue weighted by Crippen LogP contribution is -2.31. The predicted molar refractivity (Wildman–Crippen MR) is 69.9 cm³/mol. The van der Waals surface area contributed by atoms with Crippen LogP contribution in [0.3, 0.4) is 0 Å². The first kappa shape index (κ1) is 14.4. The van der Waals surface area contributed by atoms with Crippen molar-refractivity contribution < 1.29 is 13.6 Å². The van der Waals surface area contributed by atoms with E-state index in [4.69, 9.17) is 0 Å². The number of rotatable bonds is 4. The van der Waals surface area contributed by atoms with Gasteiger partial charge >= 0.3 is 0 Å². The summed E-state index contributed by atoms with van der Waals surface area (Å²) in [6, 6.07) is 1.26. The number of nitrogens with one attached hydrogen (secondary N) is 1. The van der Waals surface area contributed by atoms with E-state index in [-0.39, 0.29) is 28.9 Å². The molecule has 0 aromatic carbocycles. The van der Waals surface area contributed by atoms with Gasteiger partial charge in [0.25, 0.3) is 12.3 Å². The molecule has 0 bridgehead atoms. The van der Waals surface area contributed by atoms with Crippen LogP contribution in [-0.2, 0) is 0 Å². The van der Waals surface area contributed by atoms with Crippen molar-refractivity contribution in [3.05, 3.63) is 29.2 Å². The minimum atomic E-state index is -2.68. The summed E-state index contributed by atoms with van der Waals surface area (Å²) < 4.78 is 26.9. The lowest BCUT2D eigenvalue weighted by Gasteiger charge is -2.10. The van der Waals surface area contributed by atoms with E-state index in [1.807, 2.05) is 13.8 Å². The van der Waals surface area contributed by atoms with Gasteiger partial charge in [0.05, 0.1) is 6.20 Å². The fourth-order valence-corrected chi connectivity index (χ4v) is 1.83. The molecule has 20 heavy (non-hydrogen) atoms. The number of aromatic nitrogens is 3. The lowest BCUT2D eigenvalue weighted by atomic mass is 10.2. The van der Waals surface area contributed by atoms with Gasteiger partial charge in [-0.25, -0.2) is 18.3 Å². The van der Waals surface area contributed by atoms with Crippen molar-refractivity contribution >= 4 is 11.6 Å². The number of hydrogen-bond acceptors (Lipinski definition) is 3. The summed E-state index contributed by atoms with van der Waals surface area (Å²) in [5.41, 5.74) is 0.512. The summed E-state index contributed by atoms with van der Waals surface area (Å²) in [5.74, 6) is -0.354. The zero-order valence-electron chi connectivity index (χ0n) is 11.5. The van der Waals surface area contributed by atoms with E-state index in [0.717, 1.165) is 10.9 Å². The molecule has 0 aliphatic carbocycles. The minimum absolute atomic E-state index is 0.00294. The van der Waals surface area contributed by atoms with E-state index in [1.165, 1.54) is 12.3 Å². The number of hydrogen-bond donors (Lipinski definition) is 1. The average Bonchev–Trinajstić information content (AvgIpc) is 2.80. The maximum Gasteiger partial charge on any atom is 0.280 e. The highest BCUT2D eigenvalue weighted by Crippen LogP contribution is 2.21. The summed E-state index contributed by atoms with van der Waals surface area (Å²) in [6.45, 7) is 5.42. The quantitative estimate of drug-likeness (QED) is 0.937. The molecule has 1 atom stereocenters. The molecule has 0 radical (unpaired) electrons. The van der Waals surface area contributed by atoms with Gasteiger partial charge in [0.2, 0.25) is 0 Å². The third-order valence-electron chi connectivity index (χ3n) is 3.09. The van der Waals surface area contributed by atoms with Crippen LogP contribution in [0.4, 0.5) is 8.78 Å². The van der Waals surface area contributed by atoms with Crippen LogP contribution >= 0.6 is 0 Å². The highest BCUT2D eigenvalue weighted by Gasteiger charge is 2.20. The van der Waals surface area contributed by atoms with E-state index < -0.39 is 6.43 Å². The van der Waals surface area contributed by atoms with Crippen LogP contribution in [0.15, 0.2) is 12.3 Å². The molecule has 0 aliphatic heterocycles. The Morgan fingerprint density at radius 2 is 2.20 bits per heavy atom. The van der Waals surface area contributed by atoms with E-state index >= 15 is 0 Å². The Morgan fingerprint density at radius 3 is 2.80 bits per heavy atom. The number of amides is 1. The van der Waals surface area contributed by atoms with Crippen LogP contribution in [-0.4, -0.2) is 26.5 Å². The van der Waals surface area contributed by atoms with Gasteiger partial charge in [-0.05, 0) is 26.3 Å². The van der Waals surface area contributed by atoms with Gasteiger partial charge in [0.15, 0.2) is 5.65 Å². The summed E-state index contributed by atoms with van der Waals surface area (Å²) >= 11 is 0. The molecular formula is C13H16F2N4O. The average molecular weight is 282 g/mol. The second-order valence-electron chi connectivity index (χ2n) is 4.70. The maximum atomic E-state index is 13.0. The number of fused-ring (bicyclic) bond motifs is 1. The number of carbonyl (C=O) groups excluding carboxylic acids is 1. The predicted octanol–water partition coefficient (Wildman–Crippen LogP) is 2.50. The molecule has 1 N–H and O–H groups in total. The molecule has 5 nitrogen and oxygen atoms in total. The first-order valence-electron chi connectivity index (χ1n) is 6.38. The Kier molecular flexibility index (Phi) is 3.96. The molecular weight excluding hydrogens is 266 g/mol. The standard InChI is InChI=1S/C13H16F2N4O/c1-4-7(2)18-13(20)9-6-16-19-10(11(14)15)5-8(3)17-12(9)19/h5-7,11H,4H2,1-3H3,(H,18,20)/t7-/m0/s1. The lowest BCUT2D eigenvalue weighted by molar-refractivity contribution is 0.0940. The highest BCUT2D eigenvalue weighted by molar-refractivity contribution is 5.99. The topological polar surface area (TPSA) is 59.3 Å². The molecule has 2 aromatic heterocycles. The normalized spacial score (nSPS) is 12.9. The Labute approximate surface area is 115 Å². The monoisotopic (exact) mass is 282 g/mol. The smallest absolute Gasteiger partial charge is 0.280 e. The van der Waals surface area contributed by atoms with Crippen molar-refractivity contribution in [3.8, 4) is 0 Å². The summed E-state index contributed by atoms with van der Waals surface area (Å²) in [5, 5.41) is 6.62. The Bertz CT molecular complexity index is 639. The van der Waals surface area contributed by atoms with Crippen molar-refractivity contribution in [1.82, 2.24) is 19.9 Å². The number of carbonyl (C=O) groups is 1. The van der Waals surface area contributed by atoms with Gasteiger partial charge in [-0.15, -0.1) is 0 Å². The minimum Gasteiger partial charge on any atom is -0.349 e. The van der Waals surface area contributed by atoms with Crippen molar-refractivity contribution in [2.24, 2.45) is 0 Å². The molecule has 0 saturated carbocycles. The van der Waals surface area contributed by atoms with E-state index in [2.05, 4.69) is 15.4 Å². The molecule has 2 rings (SSSR count). The Hall–Kier alpha value is -2.05. The molecule has 7 heteroatoms. The SMILES string of the molecule is CC[C@H](C)NC(=O)c1cnn2c(C(F)F)cc(C)nc12. The van der Waals surface area contributed by atoms with Crippen molar-refractivity contribution in [2.75, 3.05) is 0 Å². The van der Waals surface area contributed by atoms with Gasteiger partial charge in [0, 0.05) is 11.7 Å². The second kappa shape index (κ2) is 5.52. The van der Waals surface area contributed by atoms with Gasteiger partial charge < -0.3 is 5.32 Å². The maximum absolute atomic E-state index is 13.0. The number of alkyl halides is 2. The molecule has 0 fully saturated rings. The fourth-order valence-electron chi connectivity index (χ4n) is 1.83. The molecule has 0 unspecified atom stereocenters. The summed E-state index contributed by atoms with van der Waals surface area (Å²) in [6.07, 6.45) is -0.630. The molecule has 108 valence electrons. The van der Waals surface area contributed by atoms with Crippen LogP contribution in [0.1, 0.15) is 48.4 Å². The second-order valence-corrected chi connectivity index (χ2v) is 4.70. The zero-order chi connectivity index (χ0) is 14.9. The molecule has 1 amide bonds. The number of aryl methyl sites for hydroxylation is 1. The summed E-state index contributed by atoms with van der Waals surface area (Å²) in [7, 11) is 0. The van der Waals surface area contributed by atoms with Crippen LogP contribution in [0.2, 0.25) is 0 Å². The van der Waals surface area contributed by atoms with Gasteiger partial charge in [0.1, 0.15) is 11.3 Å². The molecule has 2 heterocycles. The molecule has 0 spiro atoms. The molecule has 0 aliphatic rings. The third-order valence-corrected chi connectivity index (χ3v) is 3.09. The van der Waals surface area contributed by atoms with Crippen molar-refractivity contribution in [1.29, 1.82) is 0 Å². The molecule has 2 aromatic rings. The van der Waals surface area contributed by atoms with E-state index in [9.17, 15) is 13.6 Å². The number of halogens is 2. The first-order chi connectivity index (χ1) is 9.43. The van der Waals surface area contributed by atoms with Crippen LogP contribution < -0.4 is 5.32 Å². The van der Waals surface area contributed by atoms with Crippen molar-refractivity contribution in [2.45, 2.75) is 39.7 Å². The van der Waals surface area contributed by atoms with Crippen LogP contribution in [0.25, 0.3) is 5.65 Å². The van der Waals surface area contributed by atoms with Gasteiger partial charge in [-0.3, -0.25) is 4.79 Å². The van der Waals surface area contributed by atoms with Crippen LogP contribution in [0, 0.1) is 6.92 Å². The Balaban J connectivity index is 2.49. The highest BCUT2D eigenvalue weighted by atomic mass is 19.3. The molecule has 0 saturated heterocycles. The first-order valence-corrected chi connectivity index (χ1v) is 6.38. The largest absolute Gasteiger partial charge is 0.349 e. The fraction of sp³-hybridized carbons (Fsp3) is 0.462. The Morgan fingerprint density at radius 1 is 1.50 bits per heavy atom. The third kappa shape index (κ3) is 2.61. The summed E-state index contributed by atoms with van der Waals surface area (Å²) in [4.78, 5) is 16.2.